The van der Waals surface area contributed by atoms with Crippen molar-refractivity contribution < 1.29 is 4.79 Å². The molecule has 0 aliphatic carbocycles. The van der Waals surface area contributed by atoms with E-state index in [0.717, 1.165) is 67.5 Å². The number of piperidine rings is 1. The van der Waals surface area contributed by atoms with Gasteiger partial charge in [0.1, 0.15) is 0 Å². The zero-order valence-electron chi connectivity index (χ0n) is 15.5. The van der Waals surface area contributed by atoms with Gasteiger partial charge in [-0.1, -0.05) is 29.8 Å². The number of thioether (sulfide) groups is 1. The number of carbonyl (C=O) groups excluding carboxylic acids is 1. The summed E-state index contributed by atoms with van der Waals surface area (Å²) in [5, 5.41) is 6.04. The number of carbonyl (C=O) groups is 1. The maximum Gasteiger partial charge on any atom is 0.223 e. The topological polar surface area (TPSA) is 32.3 Å². The minimum atomic E-state index is 0.182. The lowest BCUT2D eigenvalue weighted by atomic mass is 9.96. The van der Waals surface area contributed by atoms with Crippen LogP contribution in [-0.4, -0.2) is 42.7 Å². The van der Waals surface area contributed by atoms with Crippen LogP contribution in [0.3, 0.4) is 0 Å². The average molecular weight is 423 g/mol. The monoisotopic (exact) mass is 422 g/mol. The van der Waals surface area contributed by atoms with Crippen LogP contribution in [0, 0.1) is 5.92 Å². The number of likely N-dealkylation sites (tertiary alicyclic amines) is 1. The molecule has 1 aliphatic rings. The van der Waals surface area contributed by atoms with Crippen LogP contribution in [0.25, 0.3) is 0 Å². The smallest absolute Gasteiger partial charge is 0.223 e. The SMILES string of the molecule is O=C(NCCc1cccs1)C1CCN(CCCSc2ccccc2Cl)CC1. The van der Waals surface area contributed by atoms with Crippen LogP contribution in [0.1, 0.15) is 24.1 Å². The Balaban J connectivity index is 1.27. The lowest BCUT2D eigenvalue weighted by Gasteiger charge is -2.31. The molecule has 3 nitrogen and oxygen atoms in total. The first-order valence-corrected chi connectivity index (χ1v) is 11.9. The maximum absolute atomic E-state index is 12.3. The van der Waals surface area contributed by atoms with Gasteiger partial charge in [0.2, 0.25) is 5.91 Å². The Morgan fingerprint density at radius 1 is 1.22 bits per heavy atom. The van der Waals surface area contributed by atoms with Crippen LogP contribution >= 0.6 is 34.7 Å². The number of nitrogens with one attached hydrogen (secondary N) is 1. The molecular formula is C21H27ClN2OS2. The van der Waals surface area contributed by atoms with Crippen molar-refractivity contribution in [3.8, 4) is 0 Å². The number of hydrogen-bond acceptors (Lipinski definition) is 4. The third kappa shape index (κ3) is 6.83. The van der Waals surface area contributed by atoms with Gasteiger partial charge in [-0.05, 0) is 74.6 Å². The van der Waals surface area contributed by atoms with Gasteiger partial charge < -0.3 is 10.2 Å². The second-order valence-corrected chi connectivity index (χ2v) is 9.44. The van der Waals surface area contributed by atoms with Gasteiger partial charge in [0.25, 0.3) is 0 Å². The van der Waals surface area contributed by atoms with Gasteiger partial charge in [-0.2, -0.15) is 0 Å². The Kier molecular flexibility index (Phi) is 8.52. The number of thiophene rings is 1. The largest absolute Gasteiger partial charge is 0.355 e. The third-order valence-corrected chi connectivity index (χ3v) is 7.46. The summed E-state index contributed by atoms with van der Waals surface area (Å²) in [7, 11) is 0. The van der Waals surface area contributed by atoms with Gasteiger partial charge >= 0.3 is 0 Å². The van der Waals surface area contributed by atoms with Gasteiger partial charge in [0.05, 0.1) is 5.02 Å². The van der Waals surface area contributed by atoms with Crippen LogP contribution in [0.2, 0.25) is 5.02 Å². The summed E-state index contributed by atoms with van der Waals surface area (Å²) in [5.41, 5.74) is 0. The summed E-state index contributed by atoms with van der Waals surface area (Å²) in [6.45, 7) is 3.91. The highest BCUT2D eigenvalue weighted by atomic mass is 35.5. The van der Waals surface area contributed by atoms with Crippen molar-refractivity contribution in [1.29, 1.82) is 0 Å². The molecule has 27 heavy (non-hydrogen) atoms. The van der Waals surface area contributed by atoms with Crippen LogP contribution < -0.4 is 5.32 Å². The molecule has 0 radical (unpaired) electrons. The maximum atomic E-state index is 12.3. The second kappa shape index (κ2) is 11.1. The van der Waals surface area contributed by atoms with Crippen LogP contribution in [0.15, 0.2) is 46.7 Å². The molecule has 1 aromatic heterocycles. The molecular weight excluding hydrogens is 396 g/mol. The standard InChI is InChI=1S/C21H27ClN2OS2/c22-19-6-1-2-7-20(19)27-16-4-12-24-13-9-17(10-14-24)21(25)23-11-8-18-5-3-15-26-18/h1-3,5-7,15,17H,4,8-14,16H2,(H,23,25). The predicted octanol–water partition coefficient (Wildman–Crippen LogP) is 4.95. The summed E-state index contributed by atoms with van der Waals surface area (Å²) in [6, 6.07) is 12.2. The van der Waals surface area contributed by atoms with E-state index in [4.69, 9.17) is 11.6 Å². The van der Waals surface area contributed by atoms with E-state index in [1.807, 2.05) is 30.0 Å². The Hall–Kier alpha value is -1.01. The van der Waals surface area contributed by atoms with E-state index in [1.165, 1.54) is 4.88 Å². The predicted molar refractivity (Wildman–Crippen MR) is 117 cm³/mol. The molecule has 1 amide bonds. The van der Waals surface area contributed by atoms with Crippen LogP contribution in [0.4, 0.5) is 0 Å². The van der Waals surface area contributed by atoms with E-state index >= 15 is 0 Å². The molecule has 6 heteroatoms. The van der Waals surface area contributed by atoms with Gasteiger partial charge in [0, 0.05) is 22.2 Å². The number of nitrogens with zero attached hydrogens (tertiary/aromatic N) is 1. The van der Waals surface area contributed by atoms with Crippen molar-refractivity contribution in [3.63, 3.8) is 0 Å². The zero-order chi connectivity index (χ0) is 18.9. The highest BCUT2D eigenvalue weighted by Gasteiger charge is 2.24. The molecule has 0 unspecified atom stereocenters. The summed E-state index contributed by atoms with van der Waals surface area (Å²) in [6.07, 6.45) is 4.03. The van der Waals surface area contributed by atoms with Crippen molar-refractivity contribution in [3.05, 3.63) is 51.7 Å². The summed E-state index contributed by atoms with van der Waals surface area (Å²) < 4.78 is 0. The van der Waals surface area contributed by atoms with Gasteiger partial charge in [0.15, 0.2) is 0 Å². The average Bonchev–Trinajstić information content (AvgIpc) is 3.20. The fraction of sp³-hybridized carbons (Fsp3) is 0.476. The van der Waals surface area contributed by atoms with E-state index < -0.39 is 0 Å². The van der Waals surface area contributed by atoms with Crippen molar-refractivity contribution in [2.75, 3.05) is 31.9 Å². The third-order valence-electron chi connectivity index (χ3n) is 4.92. The van der Waals surface area contributed by atoms with E-state index in [0.29, 0.717) is 0 Å². The van der Waals surface area contributed by atoms with E-state index in [9.17, 15) is 4.79 Å². The summed E-state index contributed by atoms with van der Waals surface area (Å²) in [4.78, 5) is 17.3. The molecule has 0 bridgehead atoms. The van der Waals surface area contributed by atoms with Gasteiger partial charge in [-0.25, -0.2) is 0 Å². The molecule has 3 rings (SSSR count). The summed E-state index contributed by atoms with van der Waals surface area (Å²) >= 11 is 9.77. The molecule has 1 saturated heterocycles. The fourth-order valence-corrected chi connectivity index (χ4v) is 5.24. The lowest BCUT2D eigenvalue weighted by molar-refractivity contribution is -0.126. The molecule has 0 atom stereocenters. The second-order valence-electron chi connectivity index (χ2n) is 6.87. The molecule has 1 fully saturated rings. The first-order chi connectivity index (χ1) is 13.2. The van der Waals surface area contributed by atoms with Gasteiger partial charge in [-0.15, -0.1) is 23.1 Å². The Morgan fingerprint density at radius 3 is 2.78 bits per heavy atom. The number of rotatable bonds is 9. The molecule has 1 aromatic carbocycles. The molecule has 2 heterocycles. The zero-order valence-corrected chi connectivity index (χ0v) is 17.9. The first-order valence-electron chi connectivity index (χ1n) is 9.62. The van der Waals surface area contributed by atoms with Crippen molar-refractivity contribution in [1.82, 2.24) is 10.2 Å². The minimum Gasteiger partial charge on any atom is -0.355 e. The van der Waals surface area contributed by atoms with Crippen molar-refractivity contribution in [2.24, 2.45) is 5.92 Å². The molecule has 1 aliphatic heterocycles. The number of benzene rings is 1. The van der Waals surface area contributed by atoms with Crippen molar-refractivity contribution >= 4 is 40.6 Å². The minimum absolute atomic E-state index is 0.182. The number of hydrogen-bond donors (Lipinski definition) is 1. The molecule has 146 valence electrons. The Morgan fingerprint density at radius 2 is 2.04 bits per heavy atom. The molecule has 0 saturated carbocycles. The van der Waals surface area contributed by atoms with Crippen LogP contribution in [-0.2, 0) is 11.2 Å². The highest BCUT2D eigenvalue weighted by molar-refractivity contribution is 7.99. The quantitative estimate of drug-likeness (QED) is 0.458. The normalized spacial score (nSPS) is 15.7. The number of halogens is 1. The Labute approximate surface area is 175 Å². The molecule has 1 N–H and O–H groups in total. The summed E-state index contributed by atoms with van der Waals surface area (Å²) in [5.74, 6) is 1.50. The first kappa shape index (κ1) is 20.7. The van der Waals surface area contributed by atoms with Crippen molar-refractivity contribution in [2.45, 2.75) is 30.6 Å². The van der Waals surface area contributed by atoms with Gasteiger partial charge in [-0.3, -0.25) is 4.79 Å². The fourth-order valence-electron chi connectivity index (χ4n) is 3.36. The molecule has 2 aromatic rings. The Bertz CT molecular complexity index is 700. The highest BCUT2D eigenvalue weighted by Crippen LogP contribution is 2.27. The number of amides is 1. The molecule has 0 spiro atoms. The van der Waals surface area contributed by atoms with E-state index in [2.05, 4.69) is 33.8 Å². The van der Waals surface area contributed by atoms with Crippen LogP contribution in [0.5, 0.6) is 0 Å². The van der Waals surface area contributed by atoms with E-state index in [-0.39, 0.29) is 11.8 Å². The van der Waals surface area contributed by atoms with E-state index in [1.54, 1.807) is 11.3 Å². The lowest BCUT2D eigenvalue weighted by Crippen LogP contribution is -2.41.